The molecule has 0 spiro atoms. The number of ether oxygens (including phenoxy) is 1. The summed E-state index contributed by atoms with van der Waals surface area (Å²) < 4.78 is 7.33. The normalized spacial score (nSPS) is 10.8. The number of hydrogen-bond acceptors (Lipinski definition) is 3. The van der Waals surface area contributed by atoms with Gasteiger partial charge >= 0.3 is 5.97 Å². The van der Waals surface area contributed by atoms with E-state index in [1.165, 1.54) is 0 Å². The van der Waals surface area contributed by atoms with Gasteiger partial charge in [0, 0.05) is 6.07 Å². The van der Waals surface area contributed by atoms with E-state index in [1.54, 1.807) is 10.7 Å². The van der Waals surface area contributed by atoms with Gasteiger partial charge in [0.2, 0.25) is 5.88 Å². The molecule has 0 saturated carbocycles. The standard InChI is InChI=1S/C20H20N2O2/c1-14(2)18-13-19(22(21-18)16-10-5-4-6-11-16)24-20(23)17-12-8-7-9-15(17)3/h4-14H,1-3H3. The first-order valence-electron chi connectivity index (χ1n) is 7.99. The van der Waals surface area contributed by atoms with E-state index in [0.717, 1.165) is 16.9 Å². The Morgan fingerprint density at radius 1 is 1.04 bits per heavy atom. The molecule has 24 heavy (non-hydrogen) atoms. The molecular formula is C20H20N2O2. The van der Waals surface area contributed by atoms with Crippen LogP contribution in [0.25, 0.3) is 5.69 Å². The molecule has 0 aliphatic heterocycles. The highest BCUT2D eigenvalue weighted by atomic mass is 16.5. The number of carbonyl (C=O) groups excluding carboxylic acids is 1. The molecular weight excluding hydrogens is 300 g/mol. The number of nitrogens with zero attached hydrogens (tertiary/aromatic N) is 2. The van der Waals surface area contributed by atoms with Gasteiger partial charge in [-0.2, -0.15) is 5.10 Å². The van der Waals surface area contributed by atoms with E-state index in [1.807, 2.05) is 61.5 Å². The first-order valence-corrected chi connectivity index (χ1v) is 7.99. The molecule has 0 N–H and O–H groups in total. The minimum Gasteiger partial charge on any atom is -0.404 e. The second kappa shape index (κ2) is 6.71. The van der Waals surface area contributed by atoms with E-state index < -0.39 is 0 Å². The average molecular weight is 320 g/mol. The summed E-state index contributed by atoms with van der Waals surface area (Å²) in [4.78, 5) is 12.5. The predicted molar refractivity (Wildman–Crippen MR) is 93.8 cm³/mol. The van der Waals surface area contributed by atoms with Crippen molar-refractivity contribution in [1.82, 2.24) is 9.78 Å². The summed E-state index contributed by atoms with van der Waals surface area (Å²) in [6.45, 7) is 6.01. The van der Waals surface area contributed by atoms with Crippen molar-refractivity contribution in [2.75, 3.05) is 0 Å². The van der Waals surface area contributed by atoms with E-state index in [9.17, 15) is 4.79 Å². The van der Waals surface area contributed by atoms with Crippen molar-refractivity contribution in [3.63, 3.8) is 0 Å². The Morgan fingerprint density at radius 2 is 1.71 bits per heavy atom. The quantitative estimate of drug-likeness (QED) is 0.664. The van der Waals surface area contributed by atoms with Crippen LogP contribution in [0, 0.1) is 6.92 Å². The zero-order chi connectivity index (χ0) is 17.1. The average Bonchev–Trinajstić information content (AvgIpc) is 3.00. The van der Waals surface area contributed by atoms with Gasteiger partial charge in [-0.1, -0.05) is 50.2 Å². The summed E-state index contributed by atoms with van der Waals surface area (Å²) in [6, 6.07) is 18.9. The van der Waals surface area contributed by atoms with Gasteiger partial charge in [0.05, 0.1) is 16.9 Å². The number of hydrogen-bond donors (Lipinski definition) is 0. The molecule has 0 amide bonds. The number of aryl methyl sites for hydroxylation is 1. The summed E-state index contributed by atoms with van der Waals surface area (Å²) in [5.74, 6) is 0.296. The Bertz CT molecular complexity index is 851. The zero-order valence-electron chi connectivity index (χ0n) is 14.1. The van der Waals surface area contributed by atoms with Crippen molar-refractivity contribution < 1.29 is 9.53 Å². The molecule has 0 unspecified atom stereocenters. The van der Waals surface area contributed by atoms with Gasteiger partial charge in [-0.15, -0.1) is 0 Å². The second-order valence-corrected chi connectivity index (χ2v) is 6.01. The second-order valence-electron chi connectivity index (χ2n) is 6.01. The minimum absolute atomic E-state index is 0.242. The molecule has 0 aliphatic rings. The Labute approximate surface area is 141 Å². The number of aromatic nitrogens is 2. The summed E-state index contributed by atoms with van der Waals surface area (Å²) in [7, 11) is 0. The molecule has 4 heteroatoms. The van der Waals surface area contributed by atoms with Crippen molar-refractivity contribution in [1.29, 1.82) is 0 Å². The van der Waals surface area contributed by atoms with Crippen LogP contribution in [0.15, 0.2) is 60.7 Å². The summed E-state index contributed by atoms with van der Waals surface area (Å²) in [5.41, 5.74) is 3.19. The summed E-state index contributed by atoms with van der Waals surface area (Å²) in [6.07, 6.45) is 0. The molecule has 0 atom stereocenters. The molecule has 0 fully saturated rings. The van der Waals surface area contributed by atoms with Gasteiger partial charge in [-0.3, -0.25) is 0 Å². The fourth-order valence-electron chi connectivity index (χ4n) is 2.44. The topological polar surface area (TPSA) is 44.1 Å². The lowest BCUT2D eigenvalue weighted by Crippen LogP contribution is -2.13. The Morgan fingerprint density at radius 3 is 2.38 bits per heavy atom. The number of para-hydroxylation sites is 1. The predicted octanol–water partition coefficient (Wildman–Crippen LogP) is 4.52. The highest BCUT2D eigenvalue weighted by Crippen LogP contribution is 2.25. The minimum atomic E-state index is -0.375. The SMILES string of the molecule is Cc1ccccc1C(=O)Oc1cc(C(C)C)nn1-c1ccccc1. The summed E-state index contributed by atoms with van der Waals surface area (Å²) in [5, 5.41) is 4.59. The molecule has 0 saturated heterocycles. The van der Waals surface area contributed by atoms with Crippen LogP contribution < -0.4 is 4.74 Å². The van der Waals surface area contributed by atoms with Crippen molar-refractivity contribution in [3.05, 3.63) is 77.5 Å². The number of carbonyl (C=O) groups is 1. The first-order chi connectivity index (χ1) is 11.6. The third-order valence-corrected chi connectivity index (χ3v) is 3.85. The molecule has 2 aromatic carbocycles. The van der Waals surface area contributed by atoms with Crippen LogP contribution in [0.2, 0.25) is 0 Å². The van der Waals surface area contributed by atoms with Crippen LogP contribution in [0.1, 0.15) is 41.4 Å². The van der Waals surface area contributed by atoms with Crippen LogP contribution in [0.3, 0.4) is 0 Å². The van der Waals surface area contributed by atoms with Crippen molar-refractivity contribution in [2.45, 2.75) is 26.7 Å². The van der Waals surface area contributed by atoms with Crippen LogP contribution >= 0.6 is 0 Å². The van der Waals surface area contributed by atoms with Crippen molar-refractivity contribution in [2.24, 2.45) is 0 Å². The molecule has 122 valence electrons. The molecule has 1 heterocycles. The van der Waals surface area contributed by atoms with E-state index >= 15 is 0 Å². The monoisotopic (exact) mass is 320 g/mol. The largest absolute Gasteiger partial charge is 0.404 e. The third-order valence-electron chi connectivity index (χ3n) is 3.85. The van der Waals surface area contributed by atoms with Gasteiger partial charge in [0.25, 0.3) is 0 Å². The maximum Gasteiger partial charge on any atom is 0.345 e. The van der Waals surface area contributed by atoms with Crippen LogP contribution in [0.5, 0.6) is 5.88 Å². The van der Waals surface area contributed by atoms with Gasteiger partial charge in [0.15, 0.2) is 0 Å². The Hall–Kier alpha value is -2.88. The third kappa shape index (κ3) is 3.23. The first kappa shape index (κ1) is 16.0. The molecule has 0 bridgehead atoms. The fourth-order valence-corrected chi connectivity index (χ4v) is 2.44. The molecule has 1 aromatic heterocycles. The number of benzene rings is 2. The maximum absolute atomic E-state index is 12.5. The number of esters is 1. The van der Waals surface area contributed by atoms with Crippen LogP contribution in [-0.2, 0) is 0 Å². The molecule has 0 radical (unpaired) electrons. The summed E-state index contributed by atoms with van der Waals surface area (Å²) >= 11 is 0. The van der Waals surface area contributed by atoms with E-state index in [2.05, 4.69) is 18.9 Å². The lowest BCUT2D eigenvalue weighted by Gasteiger charge is -2.09. The van der Waals surface area contributed by atoms with E-state index in [0.29, 0.717) is 11.4 Å². The highest BCUT2D eigenvalue weighted by Gasteiger charge is 2.18. The van der Waals surface area contributed by atoms with Gasteiger partial charge < -0.3 is 4.74 Å². The van der Waals surface area contributed by atoms with Gasteiger partial charge in [0.1, 0.15) is 0 Å². The smallest absolute Gasteiger partial charge is 0.345 e. The van der Waals surface area contributed by atoms with Crippen molar-refractivity contribution >= 4 is 5.97 Å². The van der Waals surface area contributed by atoms with E-state index in [4.69, 9.17) is 4.74 Å². The molecule has 3 aromatic rings. The maximum atomic E-state index is 12.5. The fraction of sp³-hybridized carbons (Fsp3) is 0.200. The lowest BCUT2D eigenvalue weighted by atomic mass is 10.1. The zero-order valence-corrected chi connectivity index (χ0v) is 14.1. The Kier molecular flexibility index (Phi) is 4.47. The van der Waals surface area contributed by atoms with Crippen molar-refractivity contribution in [3.8, 4) is 11.6 Å². The van der Waals surface area contributed by atoms with Gasteiger partial charge in [-0.05, 0) is 36.6 Å². The van der Waals surface area contributed by atoms with Gasteiger partial charge in [-0.25, -0.2) is 9.48 Å². The highest BCUT2D eigenvalue weighted by molar-refractivity contribution is 5.92. The number of rotatable bonds is 4. The molecule has 3 rings (SSSR count). The molecule has 4 nitrogen and oxygen atoms in total. The van der Waals surface area contributed by atoms with E-state index in [-0.39, 0.29) is 11.9 Å². The Balaban J connectivity index is 1.98. The molecule has 0 aliphatic carbocycles. The van der Waals surface area contributed by atoms with Crippen LogP contribution in [0.4, 0.5) is 0 Å². The lowest BCUT2D eigenvalue weighted by molar-refractivity contribution is 0.0722. The van der Waals surface area contributed by atoms with Crippen LogP contribution in [-0.4, -0.2) is 15.7 Å².